The standard InChI is InChI=1S/C22H25N5O2S/c28-22(18-13-17(24-25-18)20-7-4-12-29-20)27-10-8-26(9-11-27)14-21-23-19(15-30-21)16-5-2-1-3-6-16/h1-7,12,15,17-18,24-25H,8-11,13-14H2. The van der Waals surface area contributed by atoms with Crippen LogP contribution in [-0.2, 0) is 11.3 Å². The minimum atomic E-state index is -0.209. The number of amides is 1. The molecule has 3 aromatic rings. The lowest BCUT2D eigenvalue weighted by molar-refractivity contribution is -0.135. The fourth-order valence-electron chi connectivity index (χ4n) is 4.06. The van der Waals surface area contributed by atoms with Gasteiger partial charge in [0.25, 0.3) is 0 Å². The second-order valence-electron chi connectivity index (χ2n) is 7.74. The van der Waals surface area contributed by atoms with Gasteiger partial charge in [0, 0.05) is 37.1 Å². The van der Waals surface area contributed by atoms with Crippen molar-refractivity contribution in [2.45, 2.75) is 25.0 Å². The number of rotatable bonds is 5. The zero-order valence-corrected chi connectivity index (χ0v) is 17.5. The second kappa shape index (κ2) is 8.69. The fraction of sp³-hybridized carbons (Fsp3) is 0.364. The Balaban J connectivity index is 1.12. The first-order chi connectivity index (χ1) is 14.8. The van der Waals surface area contributed by atoms with Gasteiger partial charge in [0.1, 0.15) is 16.8 Å². The van der Waals surface area contributed by atoms with Crippen LogP contribution in [0.25, 0.3) is 11.3 Å². The van der Waals surface area contributed by atoms with E-state index in [0.29, 0.717) is 6.42 Å². The van der Waals surface area contributed by atoms with Gasteiger partial charge in [0.15, 0.2) is 0 Å². The van der Waals surface area contributed by atoms with Gasteiger partial charge in [0.05, 0.1) is 24.5 Å². The van der Waals surface area contributed by atoms with Crippen molar-refractivity contribution >= 4 is 17.2 Å². The molecule has 1 amide bonds. The van der Waals surface area contributed by atoms with Crippen LogP contribution in [-0.4, -0.2) is 52.9 Å². The Kier molecular flexibility index (Phi) is 5.63. The number of benzene rings is 1. The maximum absolute atomic E-state index is 12.9. The quantitative estimate of drug-likeness (QED) is 0.657. The average Bonchev–Trinajstić information content (AvgIpc) is 3.55. The van der Waals surface area contributed by atoms with E-state index in [1.807, 2.05) is 35.2 Å². The fourth-order valence-corrected chi connectivity index (χ4v) is 4.90. The van der Waals surface area contributed by atoms with Gasteiger partial charge >= 0.3 is 0 Å². The van der Waals surface area contributed by atoms with E-state index in [9.17, 15) is 4.79 Å². The van der Waals surface area contributed by atoms with Crippen LogP contribution in [0.2, 0.25) is 0 Å². The third kappa shape index (κ3) is 4.17. The number of piperazine rings is 1. The molecule has 0 radical (unpaired) electrons. The predicted molar refractivity (Wildman–Crippen MR) is 116 cm³/mol. The number of carbonyl (C=O) groups excluding carboxylic acids is 1. The number of aromatic nitrogens is 1. The topological polar surface area (TPSA) is 73.6 Å². The molecule has 2 N–H and O–H groups in total. The summed E-state index contributed by atoms with van der Waals surface area (Å²) in [6.45, 7) is 4.07. The summed E-state index contributed by atoms with van der Waals surface area (Å²) in [5.74, 6) is 1.03. The molecule has 2 fully saturated rings. The Morgan fingerprint density at radius 2 is 1.93 bits per heavy atom. The number of nitrogens with one attached hydrogen (secondary N) is 2. The lowest BCUT2D eigenvalue weighted by Gasteiger charge is -2.35. The molecule has 156 valence electrons. The zero-order chi connectivity index (χ0) is 20.3. The molecule has 2 aliphatic heterocycles. The van der Waals surface area contributed by atoms with Gasteiger partial charge in [-0.25, -0.2) is 15.8 Å². The van der Waals surface area contributed by atoms with Crippen molar-refractivity contribution in [2.75, 3.05) is 26.2 Å². The van der Waals surface area contributed by atoms with Crippen molar-refractivity contribution in [3.63, 3.8) is 0 Å². The van der Waals surface area contributed by atoms with Crippen LogP contribution in [0.3, 0.4) is 0 Å². The van der Waals surface area contributed by atoms with Gasteiger partial charge in [-0.3, -0.25) is 9.69 Å². The molecule has 2 aliphatic rings. The largest absolute Gasteiger partial charge is 0.468 e. The highest BCUT2D eigenvalue weighted by Crippen LogP contribution is 2.25. The Morgan fingerprint density at radius 3 is 2.70 bits per heavy atom. The molecule has 0 bridgehead atoms. The second-order valence-corrected chi connectivity index (χ2v) is 8.68. The molecule has 0 saturated carbocycles. The molecule has 7 nitrogen and oxygen atoms in total. The van der Waals surface area contributed by atoms with Gasteiger partial charge in [-0.15, -0.1) is 11.3 Å². The summed E-state index contributed by atoms with van der Waals surface area (Å²) in [6.07, 6.45) is 2.37. The number of hydrogen-bond donors (Lipinski definition) is 2. The van der Waals surface area contributed by atoms with Gasteiger partial charge in [-0.05, 0) is 18.6 Å². The molecular weight excluding hydrogens is 398 g/mol. The van der Waals surface area contributed by atoms with Gasteiger partial charge < -0.3 is 9.32 Å². The maximum Gasteiger partial charge on any atom is 0.241 e. The first-order valence-electron chi connectivity index (χ1n) is 10.3. The monoisotopic (exact) mass is 423 g/mol. The Morgan fingerprint density at radius 1 is 1.10 bits per heavy atom. The number of furan rings is 1. The van der Waals surface area contributed by atoms with Crippen molar-refractivity contribution < 1.29 is 9.21 Å². The van der Waals surface area contributed by atoms with Crippen molar-refractivity contribution in [3.8, 4) is 11.3 Å². The Bertz CT molecular complexity index is 967. The lowest BCUT2D eigenvalue weighted by Crippen LogP contribution is -2.53. The van der Waals surface area contributed by atoms with Gasteiger partial charge in [-0.1, -0.05) is 30.3 Å². The van der Waals surface area contributed by atoms with Crippen molar-refractivity contribution in [1.29, 1.82) is 0 Å². The molecule has 2 saturated heterocycles. The molecule has 0 spiro atoms. The number of hydrogen-bond acceptors (Lipinski definition) is 7. The normalized spacial score (nSPS) is 22.5. The van der Waals surface area contributed by atoms with E-state index in [1.54, 1.807) is 17.6 Å². The van der Waals surface area contributed by atoms with Crippen LogP contribution >= 0.6 is 11.3 Å². The highest BCUT2D eigenvalue weighted by molar-refractivity contribution is 7.09. The summed E-state index contributed by atoms with van der Waals surface area (Å²) in [7, 11) is 0. The number of hydrazine groups is 1. The van der Waals surface area contributed by atoms with Crippen LogP contribution in [0.5, 0.6) is 0 Å². The minimum Gasteiger partial charge on any atom is -0.468 e. The molecule has 1 aromatic carbocycles. The predicted octanol–water partition coefficient (Wildman–Crippen LogP) is 2.66. The van der Waals surface area contributed by atoms with E-state index < -0.39 is 0 Å². The van der Waals surface area contributed by atoms with E-state index in [0.717, 1.165) is 54.7 Å². The van der Waals surface area contributed by atoms with E-state index >= 15 is 0 Å². The Hall–Kier alpha value is -2.52. The van der Waals surface area contributed by atoms with E-state index in [2.05, 4.69) is 33.3 Å². The average molecular weight is 424 g/mol. The summed E-state index contributed by atoms with van der Waals surface area (Å²) in [5.41, 5.74) is 8.51. The number of carbonyl (C=O) groups is 1. The zero-order valence-electron chi connectivity index (χ0n) is 16.7. The first kappa shape index (κ1) is 19.4. The first-order valence-corrected chi connectivity index (χ1v) is 11.2. The molecular formula is C22H25N5O2S. The van der Waals surface area contributed by atoms with E-state index in [-0.39, 0.29) is 18.0 Å². The lowest BCUT2D eigenvalue weighted by atomic mass is 10.1. The highest BCUT2D eigenvalue weighted by atomic mass is 32.1. The maximum atomic E-state index is 12.9. The summed E-state index contributed by atoms with van der Waals surface area (Å²) < 4.78 is 5.45. The molecule has 8 heteroatoms. The molecule has 2 atom stereocenters. The molecule has 30 heavy (non-hydrogen) atoms. The number of nitrogens with zero attached hydrogens (tertiary/aromatic N) is 3. The van der Waals surface area contributed by atoms with Gasteiger partial charge in [0.2, 0.25) is 5.91 Å². The molecule has 2 aromatic heterocycles. The van der Waals surface area contributed by atoms with Crippen molar-refractivity contribution in [2.24, 2.45) is 0 Å². The SMILES string of the molecule is O=C(C1CC(c2ccco2)NN1)N1CCN(Cc2nc(-c3ccccc3)cs2)CC1. The van der Waals surface area contributed by atoms with E-state index in [1.165, 1.54) is 0 Å². The smallest absolute Gasteiger partial charge is 0.241 e. The van der Waals surface area contributed by atoms with Crippen LogP contribution in [0.4, 0.5) is 0 Å². The third-order valence-corrected chi connectivity index (χ3v) is 6.59. The minimum absolute atomic E-state index is 0.0407. The number of thiazole rings is 1. The summed E-state index contributed by atoms with van der Waals surface area (Å²) in [6, 6.07) is 13.9. The third-order valence-electron chi connectivity index (χ3n) is 5.75. The van der Waals surface area contributed by atoms with Crippen LogP contribution < -0.4 is 10.9 Å². The summed E-state index contributed by atoms with van der Waals surface area (Å²) in [5, 5.41) is 3.25. The molecule has 0 aliphatic carbocycles. The van der Waals surface area contributed by atoms with E-state index in [4.69, 9.17) is 9.40 Å². The Labute approximate surface area is 179 Å². The summed E-state index contributed by atoms with van der Waals surface area (Å²) >= 11 is 1.70. The van der Waals surface area contributed by atoms with Crippen LogP contribution in [0.1, 0.15) is 23.2 Å². The molecule has 2 unspecified atom stereocenters. The highest BCUT2D eigenvalue weighted by Gasteiger charge is 2.35. The molecule has 5 rings (SSSR count). The van der Waals surface area contributed by atoms with Crippen molar-refractivity contribution in [1.82, 2.24) is 25.6 Å². The van der Waals surface area contributed by atoms with Crippen molar-refractivity contribution in [3.05, 3.63) is 64.9 Å². The molecule has 4 heterocycles. The van der Waals surface area contributed by atoms with Crippen LogP contribution in [0, 0.1) is 0 Å². The van der Waals surface area contributed by atoms with Crippen LogP contribution in [0.15, 0.2) is 58.5 Å². The summed E-state index contributed by atoms with van der Waals surface area (Å²) in [4.78, 5) is 22.0. The van der Waals surface area contributed by atoms with Gasteiger partial charge in [-0.2, -0.15) is 0 Å².